The summed E-state index contributed by atoms with van der Waals surface area (Å²) in [5.74, 6) is -0.359. The van der Waals surface area contributed by atoms with Gasteiger partial charge in [-0.2, -0.15) is 0 Å². The summed E-state index contributed by atoms with van der Waals surface area (Å²) in [5, 5.41) is 3.15. The SMILES string of the molecule is O=C(N[C@@H]1CCS(=O)(=O)C1)c1c(Cl)cccc1Cl. The van der Waals surface area contributed by atoms with Crippen molar-refractivity contribution in [2.75, 3.05) is 11.5 Å². The summed E-state index contributed by atoms with van der Waals surface area (Å²) in [6.07, 6.45) is 0.427. The molecule has 2 rings (SSSR count). The van der Waals surface area contributed by atoms with Crippen molar-refractivity contribution in [2.24, 2.45) is 0 Å². The van der Waals surface area contributed by atoms with Gasteiger partial charge in [-0.3, -0.25) is 4.79 Å². The molecule has 98 valence electrons. The summed E-state index contributed by atoms with van der Waals surface area (Å²) in [4.78, 5) is 12.0. The molecule has 0 saturated carbocycles. The lowest BCUT2D eigenvalue weighted by Crippen LogP contribution is -2.35. The maximum atomic E-state index is 12.0. The van der Waals surface area contributed by atoms with Crippen LogP contribution in [0.2, 0.25) is 10.0 Å². The number of hydrogen-bond acceptors (Lipinski definition) is 3. The van der Waals surface area contributed by atoms with Crippen LogP contribution < -0.4 is 5.32 Å². The van der Waals surface area contributed by atoms with Crippen molar-refractivity contribution in [1.29, 1.82) is 0 Å². The van der Waals surface area contributed by atoms with Crippen LogP contribution in [0.25, 0.3) is 0 Å². The highest BCUT2D eigenvalue weighted by Crippen LogP contribution is 2.24. The van der Waals surface area contributed by atoms with Gasteiger partial charge in [-0.05, 0) is 18.6 Å². The van der Waals surface area contributed by atoms with Gasteiger partial charge in [0.15, 0.2) is 9.84 Å². The molecule has 0 aliphatic carbocycles. The fourth-order valence-electron chi connectivity index (χ4n) is 1.88. The van der Waals surface area contributed by atoms with E-state index in [9.17, 15) is 13.2 Å². The Morgan fingerprint density at radius 3 is 2.39 bits per heavy atom. The predicted octanol–water partition coefficient (Wildman–Crippen LogP) is 1.91. The van der Waals surface area contributed by atoms with E-state index in [4.69, 9.17) is 23.2 Å². The number of benzene rings is 1. The van der Waals surface area contributed by atoms with Crippen LogP contribution in [0, 0.1) is 0 Å². The fraction of sp³-hybridized carbons (Fsp3) is 0.364. The zero-order valence-electron chi connectivity index (χ0n) is 9.32. The third kappa shape index (κ3) is 2.96. The number of sulfone groups is 1. The number of carbonyl (C=O) groups is 1. The highest BCUT2D eigenvalue weighted by molar-refractivity contribution is 7.91. The van der Waals surface area contributed by atoms with Crippen LogP contribution in [0.15, 0.2) is 18.2 Å². The Kier molecular flexibility index (Phi) is 3.84. The van der Waals surface area contributed by atoms with E-state index < -0.39 is 15.7 Å². The molecule has 1 heterocycles. The average Bonchev–Trinajstić information content (AvgIpc) is 2.57. The van der Waals surface area contributed by atoms with Gasteiger partial charge in [0.05, 0.1) is 27.1 Å². The normalized spacial score (nSPS) is 21.8. The van der Waals surface area contributed by atoms with Gasteiger partial charge in [0, 0.05) is 6.04 Å². The molecule has 0 unspecified atom stereocenters. The van der Waals surface area contributed by atoms with Gasteiger partial charge in [-0.15, -0.1) is 0 Å². The monoisotopic (exact) mass is 307 g/mol. The Bertz CT molecular complexity index is 566. The third-order valence-electron chi connectivity index (χ3n) is 2.76. The summed E-state index contributed by atoms with van der Waals surface area (Å²) in [5.41, 5.74) is 0.185. The van der Waals surface area contributed by atoms with E-state index in [1.807, 2.05) is 0 Å². The topological polar surface area (TPSA) is 63.2 Å². The van der Waals surface area contributed by atoms with Crippen LogP contribution >= 0.6 is 23.2 Å². The quantitative estimate of drug-likeness (QED) is 0.908. The minimum absolute atomic E-state index is 0.0270. The molecule has 1 aliphatic heterocycles. The number of halogens is 2. The third-order valence-corrected chi connectivity index (χ3v) is 5.16. The van der Waals surface area contributed by atoms with Crippen molar-refractivity contribution in [3.8, 4) is 0 Å². The van der Waals surface area contributed by atoms with E-state index in [1.54, 1.807) is 18.2 Å². The van der Waals surface area contributed by atoms with Crippen molar-refractivity contribution < 1.29 is 13.2 Å². The lowest BCUT2D eigenvalue weighted by molar-refractivity contribution is 0.0941. The van der Waals surface area contributed by atoms with E-state index in [-0.39, 0.29) is 33.2 Å². The molecule has 0 radical (unpaired) electrons. The lowest BCUT2D eigenvalue weighted by atomic mass is 10.2. The minimum Gasteiger partial charge on any atom is -0.348 e. The second-order valence-corrected chi connectivity index (χ2v) is 7.21. The van der Waals surface area contributed by atoms with Crippen LogP contribution in [0.4, 0.5) is 0 Å². The lowest BCUT2D eigenvalue weighted by Gasteiger charge is -2.12. The first-order chi connectivity index (χ1) is 8.39. The molecule has 1 aliphatic rings. The Balaban J connectivity index is 2.14. The van der Waals surface area contributed by atoms with Crippen LogP contribution in [-0.4, -0.2) is 31.9 Å². The van der Waals surface area contributed by atoms with E-state index in [0.29, 0.717) is 6.42 Å². The van der Waals surface area contributed by atoms with Gasteiger partial charge in [0.2, 0.25) is 0 Å². The molecule has 18 heavy (non-hydrogen) atoms. The molecule has 1 atom stereocenters. The average molecular weight is 308 g/mol. The minimum atomic E-state index is -3.02. The Morgan fingerprint density at radius 2 is 1.89 bits per heavy atom. The molecule has 1 aromatic carbocycles. The second-order valence-electron chi connectivity index (χ2n) is 4.17. The smallest absolute Gasteiger partial charge is 0.254 e. The van der Waals surface area contributed by atoms with Crippen LogP contribution in [0.3, 0.4) is 0 Å². The maximum Gasteiger partial charge on any atom is 0.254 e. The zero-order chi connectivity index (χ0) is 13.3. The second kappa shape index (κ2) is 5.07. The van der Waals surface area contributed by atoms with E-state index in [2.05, 4.69) is 5.32 Å². The zero-order valence-corrected chi connectivity index (χ0v) is 11.6. The van der Waals surface area contributed by atoms with Crippen molar-refractivity contribution in [3.63, 3.8) is 0 Å². The van der Waals surface area contributed by atoms with Gasteiger partial charge in [0.25, 0.3) is 5.91 Å². The van der Waals surface area contributed by atoms with Crippen LogP contribution in [-0.2, 0) is 9.84 Å². The van der Waals surface area contributed by atoms with Gasteiger partial charge < -0.3 is 5.32 Å². The van der Waals surface area contributed by atoms with Gasteiger partial charge in [0.1, 0.15) is 0 Å². The summed E-state index contributed by atoms with van der Waals surface area (Å²) in [7, 11) is -3.02. The Hall–Kier alpha value is -0.780. The molecular weight excluding hydrogens is 297 g/mol. The highest BCUT2D eigenvalue weighted by Gasteiger charge is 2.29. The van der Waals surface area contributed by atoms with Crippen LogP contribution in [0.5, 0.6) is 0 Å². The fourth-order valence-corrected chi connectivity index (χ4v) is 4.12. The standard InChI is InChI=1S/C11H11Cl2NO3S/c12-8-2-1-3-9(13)10(8)11(15)14-7-4-5-18(16,17)6-7/h1-3,7H,4-6H2,(H,14,15)/t7-/m1/s1. The summed E-state index contributed by atoms with van der Waals surface area (Å²) in [6.45, 7) is 0. The Labute approximate surface area is 115 Å². The molecule has 0 spiro atoms. The van der Waals surface area contributed by atoms with Crippen molar-refractivity contribution >= 4 is 38.9 Å². The molecule has 0 bridgehead atoms. The predicted molar refractivity (Wildman–Crippen MR) is 71.0 cm³/mol. The molecule has 1 amide bonds. The van der Waals surface area contributed by atoms with Gasteiger partial charge >= 0.3 is 0 Å². The molecule has 7 heteroatoms. The van der Waals surface area contributed by atoms with Crippen molar-refractivity contribution in [2.45, 2.75) is 12.5 Å². The molecule has 1 saturated heterocycles. The van der Waals surface area contributed by atoms with Gasteiger partial charge in [-0.25, -0.2) is 8.42 Å². The first-order valence-electron chi connectivity index (χ1n) is 5.34. The molecule has 4 nitrogen and oxygen atoms in total. The highest BCUT2D eigenvalue weighted by atomic mass is 35.5. The molecule has 1 N–H and O–H groups in total. The van der Waals surface area contributed by atoms with E-state index >= 15 is 0 Å². The van der Waals surface area contributed by atoms with Gasteiger partial charge in [-0.1, -0.05) is 29.3 Å². The Morgan fingerprint density at radius 1 is 1.28 bits per heavy atom. The molecule has 1 fully saturated rings. The largest absolute Gasteiger partial charge is 0.348 e. The van der Waals surface area contributed by atoms with E-state index in [0.717, 1.165) is 0 Å². The number of amides is 1. The summed E-state index contributed by atoms with van der Waals surface area (Å²) in [6, 6.07) is 4.40. The van der Waals surface area contributed by atoms with Crippen molar-refractivity contribution in [1.82, 2.24) is 5.32 Å². The number of hydrogen-bond donors (Lipinski definition) is 1. The summed E-state index contributed by atoms with van der Waals surface area (Å²) < 4.78 is 22.6. The number of rotatable bonds is 2. The molecule has 0 aromatic heterocycles. The molecule has 1 aromatic rings. The number of carbonyl (C=O) groups excluding carboxylic acids is 1. The first-order valence-corrected chi connectivity index (χ1v) is 7.92. The van der Waals surface area contributed by atoms with Crippen LogP contribution in [0.1, 0.15) is 16.8 Å². The summed E-state index contributed by atoms with van der Waals surface area (Å²) >= 11 is 11.8. The number of nitrogens with one attached hydrogen (secondary N) is 1. The van der Waals surface area contributed by atoms with Crippen molar-refractivity contribution in [3.05, 3.63) is 33.8 Å². The maximum absolute atomic E-state index is 12.0. The first kappa shape index (κ1) is 13.6. The molecular formula is C11H11Cl2NO3S. The van der Waals surface area contributed by atoms with E-state index in [1.165, 1.54) is 0 Å².